The molecule has 1 unspecified atom stereocenters. The van der Waals surface area contributed by atoms with Gasteiger partial charge in [0.05, 0.1) is 11.0 Å². The van der Waals surface area contributed by atoms with E-state index in [0.29, 0.717) is 5.56 Å². The van der Waals surface area contributed by atoms with E-state index >= 15 is 0 Å². The molecule has 1 aromatic rings. The molecule has 1 heterocycles. The molecular weight excluding hydrogens is 250 g/mol. The second-order valence-corrected chi connectivity index (χ2v) is 4.93. The molecule has 0 aliphatic rings. The van der Waals surface area contributed by atoms with Crippen LogP contribution in [-0.2, 0) is 7.05 Å². The van der Waals surface area contributed by atoms with Crippen LogP contribution in [0.3, 0.4) is 0 Å². The molecule has 0 spiro atoms. The highest BCUT2D eigenvalue weighted by Gasteiger charge is 2.19. The Bertz CT molecular complexity index is 522. The van der Waals surface area contributed by atoms with Crippen molar-refractivity contribution in [1.29, 1.82) is 0 Å². The lowest BCUT2D eigenvalue weighted by Crippen LogP contribution is -2.47. The Labute approximate surface area is 111 Å². The predicted octanol–water partition coefficient (Wildman–Crippen LogP) is 0.426. The first-order valence-electron chi connectivity index (χ1n) is 5.59. The number of carbonyl (C=O) groups is 1. The molecule has 3 N–H and O–H groups in total. The van der Waals surface area contributed by atoms with Gasteiger partial charge < -0.3 is 15.6 Å². The van der Waals surface area contributed by atoms with Crippen LogP contribution in [0.15, 0.2) is 23.1 Å². The van der Waals surface area contributed by atoms with Gasteiger partial charge in [-0.25, -0.2) is 0 Å². The minimum atomic E-state index is -0.378. The number of aromatic nitrogens is 1. The Kier molecular flexibility index (Phi) is 4.61. The zero-order valence-electron chi connectivity index (χ0n) is 10.6. The summed E-state index contributed by atoms with van der Waals surface area (Å²) in [5.41, 5.74) is 5.64. The fourth-order valence-corrected chi connectivity index (χ4v) is 1.81. The molecule has 0 aliphatic carbocycles. The number of carbonyl (C=O) groups excluding carboxylic acids is 1. The minimum Gasteiger partial charge on any atom is -0.392 e. The van der Waals surface area contributed by atoms with E-state index in [4.69, 9.17) is 18.0 Å². The number of aryl methyl sites for hydroxylation is 1. The minimum absolute atomic E-state index is 0.0954. The van der Waals surface area contributed by atoms with Gasteiger partial charge in [-0.05, 0) is 12.0 Å². The number of nitrogens with two attached hydrogens (primary N) is 1. The van der Waals surface area contributed by atoms with Crippen molar-refractivity contribution in [2.75, 3.05) is 0 Å². The van der Waals surface area contributed by atoms with Gasteiger partial charge >= 0.3 is 0 Å². The van der Waals surface area contributed by atoms with E-state index in [0.717, 1.165) is 0 Å². The third kappa shape index (κ3) is 3.40. The van der Waals surface area contributed by atoms with Gasteiger partial charge in [0.25, 0.3) is 11.5 Å². The van der Waals surface area contributed by atoms with Gasteiger partial charge in [0.2, 0.25) is 0 Å². The monoisotopic (exact) mass is 267 g/mol. The summed E-state index contributed by atoms with van der Waals surface area (Å²) in [7, 11) is 1.62. The maximum absolute atomic E-state index is 12.0. The fraction of sp³-hybridized carbons (Fsp3) is 0.417. The van der Waals surface area contributed by atoms with Crippen LogP contribution in [0.5, 0.6) is 0 Å². The van der Waals surface area contributed by atoms with E-state index in [1.807, 2.05) is 13.8 Å². The van der Waals surface area contributed by atoms with E-state index < -0.39 is 0 Å². The second kappa shape index (κ2) is 5.77. The van der Waals surface area contributed by atoms with Crippen molar-refractivity contribution in [2.45, 2.75) is 19.9 Å². The van der Waals surface area contributed by atoms with Crippen molar-refractivity contribution in [1.82, 2.24) is 9.88 Å². The molecule has 6 heteroatoms. The largest absolute Gasteiger partial charge is 0.392 e. The molecule has 5 nitrogen and oxygen atoms in total. The number of nitrogens with zero attached hydrogens (tertiary/aromatic N) is 1. The molecule has 0 aliphatic heterocycles. The quantitative estimate of drug-likeness (QED) is 0.775. The second-order valence-electron chi connectivity index (χ2n) is 4.46. The molecular formula is C12H17N3O2S. The van der Waals surface area contributed by atoms with Gasteiger partial charge in [0.15, 0.2) is 0 Å². The number of hydrogen-bond donors (Lipinski definition) is 2. The van der Waals surface area contributed by atoms with Gasteiger partial charge in [0.1, 0.15) is 0 Å². The van der Waals surface area contributed by atoms with Crippen LogP contribution >= 0.6 is 12.2 Å². The molecule has 0 saturated carbocycles. The van der Waals surface area contributed by atoms with Crippen molar-refractivity contribution in [3.8, 4) is 0 Å². The zero-order chi connectivity index (χ0) is 13.9. The molecule has 1 amide bonds. The molecule has 0 saturated heterocycles. The van der Waals surface area contributed by atoms with E-state index in [1.165, 1.54) is 10.6 Å². The highest BCUT2D eigenvalue weighted by molar-refractivity contribution is 7.80. The van der Waals surface area contributed by atoms with Crippen molar-refractivity contribution in [3.63, 3.8) is 0 Å². The smallest absolute Gasteiger partial charge is 0.252 e. The summed E-state index contributed by atoms with van der Waals surface area (Å²) in [4.78, 5) is 23.6. The van der Waals surface area contributed by atoms with Gasteiger partial charge in [-0.3, -0.25) is 9.59 Å². The molecule has 0 bridgehead atoms. The lowest BCUT2D eigenvalue weighted by molar-refractivity contribution is 0.0939. The molecule has 98 valence electrons. The maximum Gasteiger partial charge on any atom is 0.252 e. The first-order chi connectivity index (χ1) is 8.32. The van der Waals surface area contributed by atoms with Gasteiger partial charge in [-0.15, -0.1) is 0 Å². The van der Waals surface area contributed by atoms with E-state index in [-0.39, 0.29) is 28.4 Å². The van der Waals surface area contributed by atoms with Crippen molar-refractivity contribution >= 4 is 23.1 Å². The maximum atomic E-state index is 12.0. The number of thiocarbonyl (C=S) groups is 1. The third-order valence-electron chi connectivity index (χ3n) is 2.63. The molecule has 1 rings (SSSR count). The first-order valence-corrected chi connectivity index (χ1v) is 6.00. The van der Waals surface area contributed by atoms with Crippen molar-refractivity contribution in [3.05, 3.63) is 34.2 Å². The molecule has 18 heavy (non-hydrogen) atoms. The van der Waals surface area contributed by atoms with E-state index in [1.54, 1.807) is 19.3 Å². The van der Waals surface area contributed by atoms with Gasteiger partial charge in [0, 0.05) is 24.9 Å². The summed E-state index contributed by atoms with van der Waals surface area (Å²) in [5, 5.41) is 2.73. The summed E-state index contributed by atoms with van der Waals surface area (Å²) in [6, 6.07) is 2.48. The van der Waals surface area contributed by atoms with Crippen LogP contribution in [-0.4, -0.2) is 21.5 Å². The topological polar surface area (TPSA) is 77.1 Å². The van der Waals surface area contributed by atoms with Crippen LogP contribution in [0.2, 0.25) is 0 Å². The summed E-state index contributed by atoms with van der Waals surface area (Å²) >= 11 is 4.91. The number of amides is 1. The van der Waals surface area contributed by atoms with Crippen LogP contribution in [0.25, 0.3) is 0 Å². The molecule has 0 aromatic carbocycles. The SMILES string of the molecule is CC(C)C(NC(=O)c1ccn(C)c(=O)c1)C(N)=S. The van der Waals surface area contributed by atoms with Crippen LogP contribution in [0.1, 0.15) is 24.2 Å². The Balaban J connectivity index is 2.91. The standard InChI is InChI=1S/C12H17N3O2S/c1-7(2)10(11(13)18)14-12(17)8-4-5-15(3)9(16)6-8/h4-7,10H,1-3H3,(H2,13,18)(H,14,17). The first kappa shape index (κ1) is 14.4. The lowest BCUT2D eigenvalue weighted by atomic mass is 10.0. The Morgan fingerprint density at radius 1 is 1.50 bits per heavy atom. The number of rotatable bonds is 4. The van der Waals surface area contributed by atoms with Crippen LogP contribution in [0.4, 0.5) is 0 Å². The van der Waals surface area contributed by atoms with Crippen molar-refractivity contribution < 1.29 is 4.79 Å². The molecule has 0 fully saturated rings. The number of hydrogen-bond acceptors (Lipinski definition) is 3. The van der Waals surface area contributed by atoms with Gasteiger partial charge in [-0.2, -0.15) is 0 Å². The fourth-order valence-electron chi connectivity index (χ4n) is 1.48. The number of nitrogens with one attached hydrogen (secondary N) is 1. The highest BCUT2D eigenvalue weighted by Crippen LogP contribution is 2.04. The van der Waals surface area contributed by atoms with E-state index in [2.05, 4.69) is 5.32 Å². The Morgan fingerprint density at radius 3 is 2.56 bits per heavy atom. The summed E-state index contributed by atoms with van der Waals surface area (Å²) < 4.78 is 1.39. The van der Waals surface area contributed by atoms with Crippen LogP contribution in [0, 0.1) is 5.92 Å². The van der Waals surface area contributed by atoms with Gasteiger partial charge in [-0.1, -0.05) is 26.1 Å². The molecule has 0 radical (unpaired) electrons. The van der Waals surface area contributed by atoms with Crippen LogP contribution < -0.4 is 16.6 Å². The molecule has 1 atom stereocenters. The zero-order valence-corrected chi connectivity index (χ0v) is 11.5. The summed E-state index contributed by atoms with van der Waals surface area (Å²) in [6.45, 7) is 3.82. The summed E-state index contributed by atoms with van der Waals surface area (Å²) in [6.07, 6.45) is 1.54. The number of pyridine rings is 1. The Morgan fingerprint density at radius 2 is 2.11 bits per heavy atom. The third-order valence-corrected chi connectivity index (χ3v) is 2.88. The average Bonchev–Trinajstić information content (AvgIpc) is 2.28. The average molecular weight is 267 g/mol. The summed E-state index contributed by atoms with van der Waals surface area (Å²) in [5.74, 6) is -0.253. The predicted molar refractivity (Wildman–Crippen MR) is 74.6 cm³/mol. The van der Waals surface area contributed by atoms with Crippen molar-refractivity contribution in [2.24, 2.45) is 18.7 Å². The lowest BCUT2D eigenvalue weighted by Gasteiger charge is -2.20. The normalized spacial score (nSPS) is 12.2. The van der Waals surface area contributed by atoms with E-state index in [9.17, 15) is 9.59 Å². The highest BCUT2D eigenvalue weighted by atomic mass is 32.1. The molecule has 1 aromatic heterocycles. The Hall–Kier alpha value is -1.69.